The van der Waals surface area contributed by atoms with Gasteiger partial charge in [-0.05, 0) is 30.5 Å². The van der Waals surface area contributed by atoms with Crippen molar-refractivity contribution in [3.8, 4) is 0 Å². The van der Waals surface area contributed by atoms with Crippen LogP contribution in [-0.4, -0.2) is 17.9 Å². The molecule has 0 unspecified atom stereocenters. The molecule has 1 aromatic rings. The van der Waals surface area contributed by atoms with Crippen molar-refractivity contribution in [1.82, 2.24) is 5.32 Å². The molecule has 0 aliphatic carbocycles. The predicted octanol–water partition coefficient (Wildman–Crippen LogP) is 2.75. The second-order valence-corrected chi connectivity index (χ2v) is 5.30. The summed E-state index contributed by atoms with van der Waals surface area (Å²) in [5, 5.41) is 5.86. The SMILES string of the molecule is CC(=O)N[C@@H](C(=O)Nc1ccc(C)cc1Cl)C(C)C. The van der Waals surface area contributed by atoms with Crippen molar-refractivity contribution in [2.24, 2.45) is 5.92 Å². The van der Waals surface area contributed by atoms with Gasteiger partial charge < -0.3 is 10.6 Å². The van der Waals surface area contributed by atoms with Crippen LogP contribution in [0.3, 0.4) is 0 Å². The zero-order chi connectivity index (χ0) is 14.6. The molecular formula is C14H19ClN2O2. The van der Waals surface area contributed by atoms with E-state index in [9.17, 15) is 9.59 Å². The first kappa shape index (κ1) is 15.5. The average molecular weight is 283 g/mol. The Hall–Kier alpha value is -1.55. The molecule has 104 valence electrons. The molecule has 19 heavy (non-hydrogen) atoms. The lowest BCUT2D eigenvalue weighted by atomic mass is 10.0. The van der Waals surface area contributed by atoms with E-state index >= 15 is 0 Å². The maximum atomic E-state index is 12.1. The van der Waals surface area contributed by atoms with Gasteiger partial charge in [0.2, 0.25) is 11.8 Å². The van der Waals surface area contributed by atoms with Crippen LogP contribution >= 0.6 is 11.6 Å². The summed E-state index contributed by atoms with van der Waals surface area (Å²) in [6.45, 7) is 7.06. The molecule has 1 atom stereocenters. The third-order valence-electron chi connectivity index (χ3n) is 2.69. The molecule has 0 aliphatic heterocycles. The van der Waals surface area contributed by atoms with Gasteiger partial charge in [-0.2, -0.15) is 0 Å². The smallest absolute Gasteiger partial charge is 0.247 e. The number of carbonyl (C=O) groups excluding carboxylic acids is 2. The van der Waals surface area contributed by atoms with Crippen molar-refractivity contribution in [2.45, 2.75) is 33.7 Å². The molecule has 0 saturated heterocycles. The largest absolute Gasteiger partial charge is 0.344 e. The predicted molar refractivity (Wildman–Crippen MR) is 77.3 cm³/mol. The maximum absolute atomic E-state index is 12.1. The Bertz CT molecular complexity index is 486. The Labute approximate surface area is 118 Å². The van der Waals surface area contributed by atoms with E-state index in [0.717, 1.165) is 5.56 Å². The zero-order valence-electron chi connectivity index (χ0n) is 11.6. The Morgan fingerprint density at radius 1 is 1.26 bits per heavy atom. The summed E-state index contributed by atoms with van der Waals surface area (Å²) in [5.74, 6) is -0.507. The van der Waals surface area contributed by atoms with E-state index in [1.165, 1.54) is 6.92 Å². The van der Waals surface area contributed by atoms with Gasteiger partial charge in [-0.25, -0.2) is 0 Å². The fourth-order valence-corrected chi connectivity index (χ4v) is 1.97. The first-order valence-electron chi connectivity index (χ1n) is 6.15. The number of halogens is 1. The minimum atomic E-state index is -0.574. The van der Waals surface area contributed by atoms with Crippen LogP contribution in [0.4, 0.5) is 5.69 Å². The molecule has 0 saturated carbocycles. The number of benzene rings is 1. The van der Waals surface area contributed by atoms with Crippen LogP contribution in [0.2, 0.25) is 5.02 Å². The second-order valence-electron chi connectivity index (χ2n) is 4.89. The van der Waals surface area contributed by atoms with Crippen LogP contribution in [0.25, 0.3) is 0 Å². The summed E-state index contributed by atoms with van der Waals surface area (Å²) in [7, 11) is 0. The first-order chi connectivity index (χ1) is 8.81. The average Bonchev–Trinajstić information content (AvgIpc) is 2.29. The van der Waals surface area contributed by atoms with E-state index in [-0.39, 0.29) is 17.7 Å². The van der Waals surface area contributed by atoms with Crippen molar-refractivity contribution in [3.05, 3.63) is 28.8 Å². The lowest BCUT2D eigenvalue weighted by Crippen LogP contribution is -2.46. The topological polar surface area (TPSA) is 58.2 Å². The molecule has 0 spiro atoms. The number of aryl methyl sites for hydroxylation is 1. The van der Waals surface area contributed by atoms with Crippen LogP contribution < -0.4 is 10.6 Å². The lowest BCUT2D eigenvalue weighted by Gasteiger charge is -2.21. The van der Waals surface area contributed by atoms with Crippen molar-refractivity contribution < 1.29 is 9.59 Å². The third kappa shape index (κ3) is 4.56. The number of nitrogens with one attached hydrogen (secondary N) is 2. The van der Waals surface area contributed by atoms with Gasteiger partial charge in [-0.15, -0.1) is 0 Å². The lowest BCUT2D eigenvalue weighted by molar-refractivity contribution is -0.126. The van der Waals surface area contributed by atoms with Gasteiger partial charge in [0.25, 0.3) is 0 Å². The van der Waals surface area contributed by atoms with Crippen molar-refractivity contribution in [1.29, 1.82) is 0 Å². The fourth-order valence-electron chi connectivity index (χ4n) is 1.69. The van der Waals surface area contributed by atoms with Crippen LogP contribution in [0.5, 0.6) is 0 Å². The molecule has 0 aliphatic rings. The number of carbonyl (C=O) groups is 2. The Morgan fingerprint density at radius 2 is 1.89 bits per heavy atom. The van der Waals surface area contributed by atoms with E-state index in [1.807, 2.05) is 26.8 Å². The molecule has 0 aromatic heterocycles. The summed E-state index contributed by atoms with van der Waals surface area (Å²) in [5.41, 5.74) is 1.57. The number of hydrogen-bond donors (Lipinski definition) is 2. The van der Waals surface area contributed by atoms with E-state index in [4.69, 9.17) is 11.6 Å². The molecule has 0 bridgehead atoms. The van der Waals surface area contributed by atoms with E-state index in [2.05, 4.69) is 10.6 Å². The standard InChI is InChI=1S/C14H19ClN2O2/c1-8(2)13(16-10(4)18)14(19)17-12-6-5-9(3)7-11(12)15/h5-8,13H,1-4H3,(H,16,18)(H,17,19)/t13-/m1/s1. The van der Waals surface area contributed by atoms with Crippen LogP contribution in [-0.2, 0) is 9.59 Å². The number of anilines is 1. The van der Waals surface area contributed by atoms with E-state index in [0.29, 0.717) is 10.7 Å². The molecule has 1 aromatic carbocycles. The molecule has 0 fully saturated rings. The van der Waals surface area contributed by atoms with Crippen LogP contribution in [0.1, 0.15) is 26.3 Å². The summed E-state index contributed by atoms with van der Waals surface area (Å²) in [6.07, 6.45) is 0. The van der Waals surface area contributed by atoms with Gasteiger partial charge >= 0.3 is 0 Å². The summed E-state index contributed by atoms with van der Waals surface area (Å²) in [4.78, 5) is 23.3. The molecule has 4 nitrogen and oxygen atoms in total. The zero-order valence-corrected chi connectivity index (χ0v) is 12.3. The van der Waals surface area contributed by atoms with Crippen molar-refractivity contribution in [2.75, 3.05) is 5.32 Å². The molecule has 1 rings (SSSR count). The quantitative estimate of drug-likeness (QED) is 0.892. The minimum Gasteiger partial charge on any atom is -0.344 e. The highest BCUT2D eigenvalue weighted by atomic mass is 35.5. The highest BCUT2D eigenvalue weighted by Crippen LogP contribution is 2.23. The maximum Gasteiger partial charge on any atom is 0.247 e. The van der Waals surface area contributed by atoms with Gasteiger partial charge in [-0.1, -0.05) is 31.5 Å². The van der Waals surface area contributed by atoms with Crippen molar-refractivity contribution in [3.63, 3.8) is 0 Å². The number of hydrogen-bond acceptors (Lipinski definition) is 2. The normalized spacial score (nSPS) is 12.1. The van der Waals surface area contributed by atoms with E-state index < -0.39 is 6.04 Å². The van der Waals surface area contributed by atoms with Crippen LogP contribution in [0, 0.1) is 12.8 Å². The van der Waals surface area contributed by atoms with Gasteiger partial charge in [0.15, 0.2) is 0 Å². The number of rotatable bonds is 4. The molecule has 2 amide bonds. The van der Waals surface area contributed by atoms with Gasteiger partial charge in [0, 0.05) is 6.92 Å². The molecule has 0 radical (unpaired) electrons. The van der Waals surface area contributed by atoms with Gasteiger partial charge in [-0.3, -0.25) is 9.59 Å². The molecular weight excluding hydrogens is 264 g/mol. The molecule has 2 N–H and O–H groups in total. The third-order valence-corrected chi connectivity index (χ3v) is 3.00. The number of amides is 2. The Kier molecular flexibility index (Phi) is 5.36. The van der Waals surface area contributed by atoms with Gasteiger partial charge in [0.05, 0.1) is 10.7 Å². The summed E-state index contributed by atoms with van der Waals surface area (Å²) in [6, 6.07) is 4.82. The Morgan fingerprint density at radius 3 is 2.37 bits per heavy atom. The Balaban J connectivity index is 2.84. The van der Waals surface area contributed by atoms with Gasteiger partial charge in [0.1, 0.15) is 6.04 Å². The van der Waals surface area contributed by atoms with E-state index in [1.54, 1.807) is 12.1 Å². The first-order valence-corrected chi connectivity index (χ1v) is 6.53. The fraction of sp³-hybridized carbons (Fsp3) is 0.429. The minimum absolute atomic E-state index is 0.00637. The highest BCUT2D eigenvalue weighted by Gasteiger charge is 2.23. The molecule has 5 heteroatoms. The monoisotopic (exact) mass is 282 g/mol. The summed E-state index contributed by atoms with van der Waals surface area (Å²) >= 11 is 6.06. The van der Waals surface area contributed by atoms with Crippen molar-refractivity contribution >= 4 is 29.1 Å². The highest BCUT2D eigenvalue weighted by molar-refractivity contribution is 6.33. The van der Waals surface area contributed by atoms with Crippen LogP contribution in [0.15, 0.2) is 18.2 Å². The molecule has 0 heterocycles. The second kappa shape index (κ2) is 6.57. The summed E-state index contributed by atoms with van der Waals surface area (Å²) < 4.78 is 0.